The standard InChI is InChI=1S/C14H11NO/c16-10-11-6-7-12-3-1-4-13-5-2-8-15(13)14(12)9-11/h1-3,5-10H,4H2. The molecule has 0 N–H and O–H groups in total. The zero-order valence-corrected chi connectivity index (χ0v) is 8.76. The third-order valence-corrected chi connectivity index (χ3v) is 2.91. The largest absolute Gasteiger partial charge is 0.320 e. The van der Waals surface area contributed by atoms with E-state index in [-0.39, 0.29) is 0 Å². The Balaban J connectivity index is 2.30. The molecule has 0 unspecified atom stereocenters. The van der Waals surface area contributed by atoms with Crippen LogP contribution in [0.25, 0.3) is 11.8 Å². The van der Waals surface area contributed by atoms with Crippen molar-refractivity contribution in [2.45, 2.75) is 6.42 Å². The average Bonchev–Trinajstić information content (AvgIpc) is 2.71. The van der Waals surface area contributed by atoms with Crippen LogP contribution in [-0.4, -0.2) is 10.9 Å². The monoisotopic (exact) mass is 209 g/mol. The summed E-state index contributed by atoms with van der Waals surface area (Å²) < 4.78 is 2.14. The van der Waals surface area contributed by atoms with E-state index in [0.29, 0.717) is 5.56 Å². The number of fused-ring (bicyclic) bond motifs is 3. The van der Waals surface area contributed by atoms with Gasteiger partial charge in [0.2, 0.25) is 0 Å². The van der Waals surface area contributed by atoms with Gasteiger partial charge in [-0.25, -0.2) is 0 Å². The molecular formula is C14H11NO. The molecule has 0 amide bonds. The van der Waals surface area contributed by atoms with Gasteiger partial charge in [0, 0.05) is 23.9 Å². The van der Waals surface area contributed by atoms with Crippen LogP contribution in [-0.2, 0) is 6.42 Å². The van der Waals surface area contributed by atoms with E-state index in [1.807, 2.05) is 30.5 Å². The van der Waals surface area contributed by atoms with E-state index in [0.717, 1.165) is 24.0 Å². The molecule has 0 spiro atoms. The fourth-order valence-electron chi connectivity index (χ4n) is 2.11. The highest BCUT2D eigenvalue weighted by Gasteiger charge is 2.09. The second-order valence-electron chi connectivity index (χ2n) is 3.91. The molecule has 0 saturated heterocycles. The molecule has 0 radical (unpaired) electrons. The van der Waals surface area contributed by atoms with Crippen LogP contribution in [0.4, 0.5) is 0 Å². The quantitative estimate of drug-likeness (QED) is 0.662. The summed E-state index contributed by atoms with van der Waals surface area (Å²) in [7, 11) is 0. The number of hydrogen-bond donors (Lipinski definition) is 0. The molecule has 2 heterocycles. The van der Waals surface area contributed by atoms with Crippen molar-refractivity contribution >= 4 is 12.4 Å². The van der Waals surface area contributed by atoms with Crippen molar-refractivity contribution in [3.8, 4) is 5.69 Å². The van der Waals surface area contributed by atoms with E-state index in [9.17, 15) is 4.79 Å². The summed E-state index contributed by atoms with van der Waals surface area (Å²) in [5.41, 5.74) is 4.20. The van der Waals surface area contributed by atoms with Gasteiger partial charge in [0.25, 0.3) is 0 Å². The summed E-state index contributed by atoms with van der Waals surface area (Å²) in [4.78, 5) is 10.8. The maximum absolute atomic E-state index is 10.8. The van der Waals surface area contributed by atoms with Gasteiger partial charge in [-0.15, -0.1) is 0 Å². The Labute approximate surface area is 93.8 Å². The second kappa shape index (κ2) is 3.49. The smallest absolute Gasteiger partial charge is 0.150 e. The Morgan fingerprint density at radius 3 is 3.06 bits per heavy atom. The van der Waals surface area contributed by atoms with Gasteiger partial charge in [-0.1, -0.05) is 24.3 Å². The highest BCUT2D eigenvalue weighted by Crippen LogP contribution is 2.23. The summed E-state index contributed by atoms with van der Waals surface area (Å²) >= 11 is 0. The summed E-state index contributed by atoms with van der Waals surface area (Å²) in [6.07, 6.45) is 8.11. The van der Waals surface area contributed by atoms with Crippen LogP contribution in [0.3, 0.4) is 0 Å². The maximum Gasteiger partial charge on any atom is 0.150 e. The lowest BCUT2D eigenvalue weighted by molar-refractivity contribution is 0.112. The highest BCUT2D eigenvalue weighted by molar-refractivity contribution is 5.78. The first-order valence-electron chi connectivity index (χ1n) is 5.31. The van der Waals surface area contributed by atoms with Crippen molar-refractivity contribution in [1.82, 2.24) is 4.57 Å². The molecule has 0 atom stereocenters. The summed E-state index contributed by atoms with van der Waals surface area (Å²) in [6.45, 7) is 0. The predicted octanol–water partition coefficient (Wildman–Crippen LogP) is 2.86. The molecule has 2 aromatic rings. The third kappa shape index (κ3) is 1.31. The van der Waals surface area contributed by atoms with Gasteiger partial charge in [0.1, 0.15) is 6.29 Å². The molecule has 1 aliphatic rings. The predicted molar refractivity (Wildman–Crippen MR) is 63.9 cm³/mol. The van der Waals surface area contributed by atoms with Crippen molar-refractivity contribution in [3.05, 3.63) is 59.4 Å². The van der Waals surface area contributed by atoms with E-state index in [2.05, 4.69) is 22.8 Å². The van der Waals surface area contributed by atoms with Gasteiger partial charge in [-0.05, 0) is 23.8 Å². The number of carbonyl (C=O) groups excluding carboxylic acids is 1. The van der Waals surface area contributed by atoms with Crippen LogP contribution in [0.1, 0.15) is 21.6 Å². The lowest BCUT2D eigenvalue weighted by Gasteiger charge is -2.09. The van der Waals surface area contributed by atoms with Crippen molar-refractivity contribution in [3.63, 3.8) is 0 Å². The summed E-state index contributed by atoms with van der Waals surface area (Å²) in [5, 5.41) is 0. The summed E-state index contributed by atoms with van der Waals surface area (Å²) in [5.74, 6) is 0. The van der Waals surface area contributed by atoms with E-state index < -0.39 is 0 Å². The fourth-order valence-corrected chi connectivity index (χ4v) is 2.11. The van der Waals surface area contributed by atoms with Crippen LogP contribution >= 0.6 is 0 Å². The number of nitrogens with zero attached hydrogens (tertiary/aromatic N) is 1. The molecule has 1 aliphatic heterocycles. The average molecular weight is 209 g/mol. The molecular weight excluding hydrogens is 198 g/mol. The fraction of sp³-hybridized carbons (Fsp3) is 0.0714. The zero-order valence-electron chi connectivity index (χ0n) is 8.76. The number of hydrogen-bond acceptors (Lipinski definition) is 1. The molecule has 0 saturated carbocycles. The molecule has 3 rings (SSSR count). The van der Waals surface area contributed by atoms with Crippen LogP contribution in [0, 0.1) is 0 Å². The maximum atomic E-state index is 10.8. The van der Waals surface area contributed by atoms with Gasteiger partial charge >= 0.3 is 0 Å². The zero-order chi connectivity index (χ0) is 11.0. The number of aldehydes is 1. The van der Waals surface area contributed by atoms with E-state index in [4.69, 9.17) is 0 Å². The molecule has 78 valence electrons. The number of aromatic nitrogens is 1. The van der Waals surface area contributed by atoms with Crippen molar-refractivity contribution in [2.24, 2.45) is 0 Å². The van der Waals surface area contributed by atoms with E-state index >= 15 is 0 Å². The normalized spacial score (nSPS) is 12.8. The third-order valence-electron chi connectivity index (χ3n) is 2.91. The lowest BCUT2D eigenvalue weighted by atomic mass is 10.1. The lowest BCUT2D eigenvalue weighted by Crippen LogP contribution is -1.99. The van der Waals surface area contributed by atoms with Crippen molar-refractivity contribution in [1.29, 1.82) is 0 Å². The molecule has 0 bridgehead atoms. The minimum absolute atomic E-state index is 0.716. The highest BCUT2D eigenvalue weighted by atomic mass is 16.1. The first-order valence-corrected chi connectivity index (χ1v) is 5.31. The molecule has 16 heavy (non-hydrogen) atoms. The van der Waals surface area contributed by atoms with Crippen LogP contribution in [0.2, 0.25) is 0 Å². The number of benzene rings is 1. The Bertz CT molecular complexity index is 578. The summed E-state index contributed by atoms with van der Waals surface area (Å²) in [6, 6.07) is 9.91. The SMILES string of the molecule is O=Cc1ccc2c(c1)-n1cccc1CC=C2. The van der Waals surface area contributed by atoms with E-state index in [1.54, 1.807) is 0 Å². The van der Waals surface area contributed by atoms with Gasteiger partial charge in [0.05, 0.1) is 5.69 Å². The minimum atomic E-state index is 0.716. The van der Waals surface area contributed by atoms with Gasteiger partial charge in [0.15, 0.2) is 0 Å². The number of allylic oxidation sites excluding steroid dienone is 1. The van der Waals surface area contributed by atoms with E-state index in [1.165, 1.54) is 5.69 Å². The molecule has 2 heteroatoms. The topological polar surface area (TPSA) is 22.0 Å². The second-order valence-corrected chi connectivity index (χ2v) is 3.91. The van der Waals surface area contributed by atoms with Crippen LogP contribution in [0.5, 0.6) is 0 Å². The number of carbonyl (C=O) groups is 1. The Morgan fingerprint density at radius 1 is 1.25 bits per heavy atom. The van der Waals surface area contributed by atoms with Crippen LogP contribution < -0.4 is 0 Å². The van der Waals surface area contributed by atoms with Crippen LogP contribution in [0.15, 0.2) is 42.6 Å². The Kier molecular flexibility index (Phi) is 2.00. The van der Waals surface area contributed by atoms with Crippen molar-refractivity contribution < 1.29 is 4.79 Å². The molecule has 0 aliphatic carbocycles. The first kappa shape index (κ1) is 9.16. The molecule has 1 aromatic heterocycles. The molecule has 0 fully saturated rings. The molecule has 2 nitrogen and oxygen atoms in total. The van der Waals surface area contributed by atoms with Gasteiger partial charge in [-0.3, -0.25) is 4.79 Å². The van der Waals surface area contributed by atoms with Gasteiger partial charge < -0.3 is 4.57 Å². The Hall–Kier alpha value is -2.09. The van der Waals surface area contributed by atoms with Crippen molar-refractivity contribution in [2.75, 3.05) is 0 Å². The first-order chi connectivity index (χ1) is 7.88. The minimum Gasteiger partial charge on any atom is -0.320 e. The van der Waals surface area contributed by atoms with Gasteiger partial charge in [-0.2, -0.15) is 0 Å². The molecule has 1 aromatic carbocycles. The number of rotatable bonds is 1. The Morgan fingerprint density at radius 2 is 2.19 bits per heavy atom.